The molecule has 0 radical (unpaired) electrons. The van der Waals surface area contributed by atoms with Gasteiger partial charge >= 0.3 is 0 Å². The number of anilines is 1. The van der Waals surface area contributed by atoms with Crippen LogP contribution in [0.5, 0.6) is 0 Å². The van der Waals surface area contributed by atoms with Gasteiger partial charge in [0.15, 0.2) is 0 Å². The van der Waals surface area contributed by atoms with Gasteiger partial charge in [0.05, 0.1) is 11.6 Å². The number of benzene rings is 1. The predicted molar refractivity (Wildman–Crippen MR) is 76.4 cm³/mol. The Balaban J connectivity index is 2.43. The fourth-order valence-corrected chi connectivity index (χ4v) is 4.35. The summed E-state index contributed by atoms with van der Waals surface area (Å²) in [5.41, 5.74) is 12.8. The van der Waals surface area contributed by atoms with Crippen LogP contribution in [0.2, 0.25) is 0 Å². The minimum absolute atomic E-state index is 0.129. The van der Waals surface area contributed by atoms with Gasteiger partial charge in [-0.25, -0.2) is 8.42 Å². The lowest BCUT2D eigenvalue weighted by Gasteiger charge is -2.20. The molecule has 4 N–H and O–H groups in total. The number of hydrogen-bond acceptors (Lipinski definition) is 4. The Labute approximate surface area is 118 Å². The molecule has 0 spiro atoms. The lowest BCUT2D eigenvalue weighted by Crippen LogP contribution is -2.32. The van der Waals surface area contributed by atoms with Crippen LogP contribution >= 0.6 is 0 Å². The van der Waals surface area contributed by atoms with Gasteiger partial charge in [0.25, 0.3) is 0 Å². The molecule has 20 heavy (non-hydrogen) atoms. The number of sulfonamides is 1. The fourth-order valence-electron chi connectivity index (χ4n) is 2.46. The van der Waals surface area contributed by atoms with Crippen molar-refractivity contribution in [2.75, 3.05) is 18.8 Å². The highest BCUT2D eigenvalue weighted by atomic mass is 32.2. The Kier molecular flexibility index (Phi) is 3.75. The van der Waals surface area contributed by atoms with Crippen molar-refractivity contribution in [3.05, 3.63) is 23.3 Å². The van der Waals surface area contributed by atoms with Crippen molar-refractivity contribution in [1.29, 1.82) is 0 Å². The van der Waals surface area contributed by atoms with Crippen LogP contribution in [0.1, 0.15) is 17.5 Å². The van der Waals surface area contributed by atoms with Gasteiger partial charge in [0, 0.05) is 13.1 Å². The molecule has 2 rings (SSSR count). The van der Waals surface area contributed by atoms with Crippen LogP contribution < -0.4 is 11.5 Å². The highest BCUT2D eigenvalue weighted by molar-refractivity contribution is 7.89. The molecule has 1 aliphatic rings. The Morgan fingerprint density at radius 1 is 1.30 bits per heavy atom. The number of nitrogen functional groups attached to an aromatic ring is 1. The average Bonchev–Trinajstić information content (AvgIpc) is 2.84. The van der Waals surface area contributed by atoms with Crippen LogP contribution in [-0.4, -0.2) is 31.7 Å². The molecule has 0 saturated carbocycles. The molecule has 110 valence electrons. The second-order valence-electron chi connectivity index (χ2n) is 5.19. The molecular formula is C13H19N3O3S. The Bertz CT molecular complexity index is 655. The molecule has 1 amide bonds. The Morgan fingerprint density at radius 3 is 2.45 bits per heavy atom. The zero-order valence-corrected chi connectivity index (χ0v) is 12.4. The predicted octanol–water partition coefficient (Wildman–Crippen LogP) is 0.382. The molecule has 0 aliphatic carbocycles. The Hall–Kier alpha value is -1.60. The largest absolute Gasteiger partial charge is 0.397 e. The van der Waals surface area contributed by atoms with Gasteiger partial charge in [-0.05, 0) is 31.4 Å². The molecule has 1 aromatic rings. The quantitative estimate of drug-likeness (QED) is 0.786. The molecule has 7 heteroatoms. The van der Waals surface area contributed by atoms with Crippen molar-refractivity contribution < 1.29 is 13.2 Å². The summed E-state index contributed by atoms with van der Waals surface area (Å²) in [6, 6.07) is 3.53. The summed E-state index contributed by atoms with van der Waals surface area (Å²) in [6.45, 7) is 3.90. The third kappa shape index (κ3) is 2.38. The molecule has 6 nitrogen and oxygen atoms in total. The maximum atomic E-state index is 12.7. The third-order valence-corrected chi connectivity index (χ3v) is 5.83. The van der Waals surface area contributed by atoms with Crippen LogP contribution in [-0.2, 0) is 14.8 Å². The highest BCUT2D eigenvalue weighted by Gasteiger charge is 2.36. The smallest absolute Gasteiger partial charge is 0.245 e. The second kappa shape index (κ2) is 5.06. The van der Waals surface area contributed by atoms with E-state index < -0.39 is 21.8 Å². The number of nitrogens with zero attached hydrogens (tertiary/aromatic N) is 1. The summed E-state index contributed by atoms with van der Waals surface area (Å²) in [5, 5.41) is 0. The number of primary amides is 1. The number of aryl methyl sites for hydroxylation is 2. The summed E-state index contributed by atoms with van der Waals surface area (Å²) >= 11 is 0. The van der Waals surface area contributed by atoms with Crippen molar-refractivity contribution in [3.63, 3.8) is 0 Å². The first-order chi connectivity index (χ1) is 9.25. The van der Waals surface area contributed by atoms with Gasteiger partial charge in [-0.3, -0.25) is 4.79 Å². The van der Waals surface area contributed by atoms with Crippen molar-refractivity contribution >= 4 is 21.6 Å². The second-order valence-corrected chi connectivity index (χ2v) is 7.07. The molecule has 1 aromatic carbocycles. The molecule has 1 saturated heterocycles. The maximum Gasteiger partial charge on any atom is 0.245 e. The molecule has 1 unspecified atom stereocenters. The first-order valence-corrected chi connectivity index (χ1v) is 7.84. The van der Waals surface area contributed by atoms with E-state index in [0.29, 0.717) is 18.5 Å². The maximum absolute atomic E-state index is 12.7. The number of rotatable bonds is 3. The van der Waals surface area contributed by atoms with Crippen molar-refractivity contribution in [1.82, 2.24) is 4.31 Å². The van der Waals surface area contributed by atoms with Crippen LogP contribution in [0.15, 0.2) is 17.0 Å². The SMILES string of the molecule is Cc1ccc(C)c(S(=O)(=O)N2CCC(C(N)=O)C2)c1N. The van der Waals surface area contributed by atoms with Gasteiger partial charge in [-0.2, -0.15) is 4.31 Å². The van der Waals surface area contributed by atoms with E-state index in [2.05, 4.69) is 0 Å². The number of carbonyl (C=O) groups excluding carboxylic acids is 1. The molecule has 1 atom stereocenters. The van der Waals surface area contributed by atoms with Gasteiger partial charge in [0.2, 0.25) is 15.9 Å². The number of carbonyl (C=O) groups is 1. The Morgan fingerprint density at radius 2 is 1.90 bits per heavy atom. The van der Waals surface area contributed by atoms with Crippen LogP contribution in [0.3, 0.4) is 0 Å². The van der Waals surface area contributed by atoms with Gasteiger partial charge in [-0.15, -0.1) is 0 Å². The van der Waals surface area contributed by atoms with E-state index in [1.165, 1.54) is 4.31 Å². The lowest BCUT2D eigenvalue weighted by atomic mass is 10.1. The van der Waals surface area contributed by atoms with Crippen LogP contribution in [0.25, 0.3) is 0 Å². The zero-order valence-electron chi connectivity index (χ0n) is 11.6. The van der Waals surface area contributed by atoms with Crippen molar-refractivity contribution in [2.45, 2.75) is 25.2 Å². The molecule has 1 heterocycles. The van der Waals surface area contributed by atoms with E-state index in [1.54, 1.807) is 26.0 Å². The molecule has 1 aliphatic heterocycles. The fraction of sp³-hybridized carbons (Fsp3) is 0.462. The standard InChI is InChI=1S/C13H19N3O3S/c1-8-3-4-9(2)12(11(8)14)20(18,19)16-6-5-10(7-16)13(15)17/h3-4,10H,5-7,14H2,1-2H3,(H2,15,17). The summed E-state index contributed by atoms with van der Waals surface area (Å²) in [4.78, 5) is 11.3. The highest BCUT2D eigenvalue weighted by Crippen LogP contribution is 2.31. The van der Waals surface area contributed by atoms with Gasteiger partial charge < -0.3 is 11.5 Å². The van der Waals surface area contributed by atoms with Crippen molar-refractivity contribution in [2.24, 2.45) is 11.7 Å². The molecule has 1 fully saturated rings. The summed E-state index contributed by atoms with van der Waals surface area (Å²) in [6.07, 6.45) is 0.458. The van der Waals surface area contributed by atoms with E-state index in [-0.39, 0.29) is 17.1 Å². The summed E-state index contributed by atoms with van der Waals surface area (Å²) in [5.74, 6) is -0.882. The minimum atomic E-state index is -3.69. The molecular weight excluding hydrogens is 278 g/mol. The number of hydrogen-bond donors (Lipinski definition) is 2. The lowest BCUT2D eigenvalue weighted by molar-refractivity contribution is -0.121. The van der Waals surface area contributed by atoms with Crippen LogP contribution in [0.4, 0.5) is 5.69 Å². The average molecular weight is 297 g/mol. The summed E-state index contributed by atoms with van der Waals surface area (Å²) < 4.78 is 26.7. The van der Waals surface area contributed by atoms with E-state index in [9.17, 15) is 13.2 Å². The molecule has 0 bridgehead atoms. The normalized spacial score (nSPS) is 20.2. The van der Waals surface area contributed by atoms with Crippen LogP contribution in [0, 0.1) is 19.8 Å². The first kappa shape index (κ1) is 14.8. The first-order valence-electron chi connectivity index (χ1n) is 6.40. The number of amides is 1. The minimum Gasteiger partial charge on any atom is -0.397 e. The van der Waals surface area contributed by atoms with E-state index in [1.807, 2.05) is 0 Å². The van der Waals surface area contributed by atoms with E-state index in [4.69, 9.17) is 11.5 Å². The van der Waals surface area contributed by atoms with E-state index in [0.717, 1.165) is 5.56 Å². The zero-order chi connectivity index (χ0) is 15.1. The van der Waals surface area contributed by atoms with E-state index >= 15 is 0 Å². The summed E-state index contributed by atoms with van der Waals surface area (Å²) in [7, 11) is -3.69. The third-order valence-electron chi connectivity index (χ3n) is 3.76. The topological polar surface area (TPSA) is 106 Å². The number of nitrogens with two attached hydrogens (primary N) is 2. The monoisotopic (exact) mass is 297 g/mol. The van der Waals surface area contributed by atoms with Crippen molar-refractivity contribution in [3.8, 4) is 0 Å². The van der Waals surface area contributed by atoms with Gasteiger partial charge in [0.1, 0.15) is 4.90 Å². The molecule has 0 aromatic heterocycles. The van der Waals surface area contributed by atoms with Gasteiger partial charge in [-0.1, -0.05) is 12.1 Å².